The first-order chi connectivity index (χ1) is 17.8. The summed E-state index contributed by atoms with van der Waals surface area (Å²) in [5.41, 5.74) is 1.99. The minimum atomic E-state index is -3.72. The van der Waals surface area contributed by atoms with Crippen molar-refractivity contribution in [1.29, 1.82) is 0 Å². The molecule has 1 fully saturated rings. The van der Waals surface area contributed by atoms with E-state index < -0.39 is 15.9 Å². The molecule has 200 valence electrons. The molecule has 0 saturated heterocycles. The van der Waals surface area contributed by atoms with E-state index in [1.165, 1.54) is 38.2 Å². The number of hydrogen-bond acceptors (Lipinski definition) is 6. The molecule has 1 saturated carbocycles. The van der Waals surface area contributed by atoms with Crippen LogP contribution in [0.5, 0.6) is 5.75 Å². The molecule has 0 aliphatic heterocycles. The zero-order valence-electron chi connectivity index (χ0n) is 22.5. The number of aromatic nitrogens is 3. The maximum absolute atomic E-state index is 12.7. The van der Waals surface area contributed by atoms with E-state index in [-0.39, 0.29) is 41.0 Å². The summed E-state index contributed by atoms with van der Waals surface area (Å²) in [6.45, 7) is 4.96. The summed E-state index contributed by atoms with van der Waals surface area (Å²) in [5.74, 6) is 1.23. The van der Waals surface area contributed by atoms with Gasteiger partial charge >= 0.3 is 29.6 Å². The molecule has 1 aliphatic carbocycles. The molecule has 3 aromatic rings. The molecule has 1 N–H and O–H groups in total. The first-order valence-electron chi connectivity index (χ1n) is 13.1. The van der Waals surface area contributed by atoms with Crippen molar-refractivity contribution in [2.75, 3.05) is 12.4 Å². The van der Waals surface area contributed by atoms with Crippen LogP contribution in [0.15, 0.2) is 30.3 Å². The molecule has 0 unspecified atom stereocenters. The van der Waals surface area contributed by atoms with Crippen LogP contribution in [0.4, 0.5) is 0 Å². The van der Waals surface area contributed by atoms with Crippen molar-refractivity contribution in [3.63, 3.8) is 0 Å². The van der Waals surface area contributed by atoms with Crippen molar-refractivity contribution in [2.24, 2.45) is 5.92 Å². The van der Waals surface area contributed by atoms with Gasteiger partial charge in [-0.15, -0.1) is 0 Å². The van der Waals surface area contributed by atoms with E-state index in [0.717, 1.165) is 24.2 Å². The quantitative estimate of drug-likeness (QED) is 0.281. The van der Waals surface area contributed by atoms with Crippen LogP contribution >= 0.6 is 11.6 Å². The van der Waals surface area contributed by atoms with Crippen molar-refractivity contribution >= 4 is 38.7 Å². The van der Waals surface area contributed by atoms with Crippen LogP contribution in [0.1, 0.15) is 80.2 Å². The summed E-state index contributed by atoms with van der Waals surface area (Å²) >= 11 is 6.61. The Morgan fingerprint density at radius 1 is 1.13 bits per heavy atom. The standard InChI is InChI=1S/C27H35ClN4O4S.Na/c1-3-4-8-15-37(34,35)31-27(33)25-14-13-24-26(30-25)32(19(2)29-24)17-21-11-12-22(16-23(21)28)36-18-20-9-6-5-7-10-20;/h11-14,16,20H,3-10,15,17-18H2,1-2H3,(H,31,33);/q;+1. The van der Waals surface area contributed by atoms with Crippen molar-refractivity contribution in [2.45, 2.75) is 71.8 Å². The van der Waals surface area contributed by atoms with Crippen LogP contribution in [0, 0.1) is 12.8 Å². The number of carbonyl (C=O) groups excluding carboxylic acids is 1. The van der Waals surface area contributed by atoms with Gasteiger partial charge in [-0.2, -0.15) is 0 Å². The number of rotatable bonds is 11. The predicted molar refractivity (Wildman–Crippen MR) is 146 cm³/mol. The number of sulfonamides is 1. The third-order valence-electron chi connectivity index (χ3n) is 6.84. The summed E-state index contributed by atoms with van der Waals surface area (Å²) < 4.78 is 34.5. The number of aryl methyl sites for hydroxylation is 1. The molecule has 1 aromatic carbocycles. The summed E-state index contributed by atoms with van der Waals surface area (Å²) in [6.07, 6.45) is 8.49. The van der Waals surface area contributed by atoms with Crippen molar-refractivity contribution in [3.8, 4) is 5.75 Å². The Morgan fingerprint density at radius 3 is 2.61 bits per heavy atom. The number of carbonyl (C=O) groups is 1. The van der Waals surface area contributed by atoms with E-state index in [1.54, 1.807) is 6.07 Å². The van der Waals surface area contributed by atoms with E-state index >= 15 is 0 Å². The average molecular weight is 570 g/mol. The molecule has 0 atom stereocenters. The summed E-state index contributed by atoms with van der Waals surface area (Å²) in [7, 11) is -3.72. The van der Waals surface area contributed by atoms with Crippen LogP contribution in [0.2, 0.25) is 5.02 Å². The molecule has 1 amide bonds. The monoisotopic (exact) mass is 569 g/mol. The Morgan fingerprint density at radius 2 is 1.89 bits per heavy atom. The zero-order valence-corrected chi connectivity index (χ0v) is 26.1. The first kappa shape index (κ1) is 30.9. The van der Waals surface area contributed by atoms with Gasteiger partial charge in [0.2, 0.25) is 10.0 Å². The maximum atomic E-state index is 12.7. The molecule has 8 nitrogen and oxygen atoms in total. The third kappa shape index (κ3) is 8.18. The predicted octanol–water partition coefficient (Wildman–Crippen LogP) is 2.65. The topological polar surface area (TPSA) is 103 Å². The molecule has 0 spiro atoms. The normalized spacial score (nSPS) is 14.3. The Hall–Kier alpha value is -1.65. The van der Waals surface area contributed by atoms with E-state index in [2.05, 4.69) is 14.7 Å². The van der Waals surface area contributed by atoms with E-state index in [4.69, 9.17) is 16.3 Å². The Bertz CT molecular complexity index is 1360. The summed E-state index contributed by atoms with van der Waals surface area (Å²) in [5, 5.41) is 0.578. The Labute approximate surface area is 252 Å². The number of nitrogens with zero attached hydrogens (tertiary/aromatic N) is 3. The number of halogens is 1. The Kier molecular flexibility index (Phi) is 11.5. The van der Waals surface area contributed by atoms with Gasteiger partial charge in [-0.25, -0.2) is 23.1 Å². The van der Waals surface area contributed by atoms with Gasteiger partial charge in [-0.1, -0.05) is 56.7 Å². The number of fused-ring (bicyclic) bond motifs is 1. The number of hydrogen-bond donors (Lipinski definition) is 1. The number of amides is 1. The van der Waals surface area contributed by atoms with Gasteiger partial charge in [0.05, 0.1) is 18.9 Å². The van der Waals surface area contributed by atoms with Crippen LogP contribution in [-0.4, -0.2) is 41.2 Å². The largest absolute Gasteiger partial charge is 1.00 e. The van der Waals surface area contributed by atoms with Crippen molar-refractivity contribution in [3.05, 3.63) is 52.4 Å². The van der Waals surface area contributed by atoms with Crippen LogP contribution < -0.4 is 39.0 Å². The molecule has 38 heavy (non-hydrogen) atoms. The second-order valence-electron chi connectivity index (χ2n) is 9.81. The SMILES string of the molecule is CCCCCS(=O)(=O)NC(=O)c1ccc2nc(C)n(Cc3ccc(OCC4CCCCC4)cc3Cl)c2n1.[Na+]. The van der Waals surface area contributed by atoms with Crippen LogP contribution in [0.3, 0.4) is 0 Å². The van der Waals surface area contributed by atoms with Gasteiger partial charge in [0.25, 0.3) is 5.91 Å². The molecule has 2 heterocycles. The second kappa shape index (κ2) is 14.1. The molecular formula is C27H35ClN4NaO4S+. The van der Waals surface area contributed by atoms with Crippen LogP contribution in [-0.2, 0) is 16.6 Å². The molecular weight excluding hydrogens is 535 g/mol. The van der Waals surface area contributed by atoms with Gasteiger partial charge in [0.1, 0.15) is 22.8 Å². The fourth-order valence-electron chi connectivity index (χ4n) is 4.70. The minimum absolute atomic E-state index is 0. The smallest absolute Gasteiger partial charge is 0.493 e. The maximum Gasteiger partial charge on any atom is 1.00 e. The number of imidazole rings is 1. The van der Waals surface area contributed by atoms with Gasteiger partial charge in [0, 0.05) is 5.02 Å². The zero-order chi connectivity index (χ0) is 26.4. The molecule has 0 bridgehead atoms. The first-order valence-corrected chi connectivity index (χ1v) is 15.1. The molecule has 1 aliphatic rings. The number of benzene rings is 1. The van der Waals surface area contributed by atoms with Crippen molar-refractivity contribution < 1.29 is 47.5 Å². The molecule has 0 radical (unpaired) electrons. The Balaban J connectivity index is 0.00000400. The molecule has 2 aromatic heterocycles. The second-order valence-corrected chi connectivity index (χ2v) is 12.1. The van der Waals surface area contributed by atoms with Gasteiger partial charge in [0.15, 0.2) is 5.65 Å². The van der Waals surface area contributed by atoms with Gasteiger partial charge in [-0.05, 0) is 61.9 Å². The molecule has 11 heteroatoms. The van der Waals surface area contributed by atoms with E-state index in [9.17, 15) is 13.2 Å². The van der Waals surface area contributed by atoms with Gasteiger partial charge < -0.3 is 9.30 Å². The fraction of sp³-hybridized carbons (Fsp3) is 0.519. The number of unbranched alkanes of at least 4 members (excludes halogenated alkanes) is 2. The minimum Gasteiger partial charge on any atom is -0.493 e. The average Bonchev–Trinajstić information content (AvgIpc) is 3.18. The van der Waals surface area contributed by atoms with Gasteiger partial charge in [-0.3, -0.25) is 4.79 Å². The van der Waals surface area contributed by atoms with E-state index in [0.29, 0.717) is 47.5 Å². The number of nitrogens with one attached hydrogen (secondary N) is 1. The van der Waals surface area contributed by atoms with Crippen LogP contribution in [0.25, 0.3) is 11.2 Å². The molecule has 4 rings (SSSR count). The summed E-state index contributed by atoms with van der Waals surface area (Å²) in [4.78, 5) is 21.7. The number of ether oxygens (including phenoxy) is 1. The van der Waals surface area contributed by atoms with E-state index in [1.807, 2.05) is 36.6 Å². The summed E-state index contributed by atoms with van der Waals surface area (Å²) in [6, 6.07) is 8.86. The third-order valence-corrected chi connectivity index (χ3v) is 8.52. The number of pyridine rings is 1. The fourth-order valence-corrected chi connectivity index (χ4v) is 6.01. The van der Waals surface area contributed by atoms with Crippen molar-refractivity contribution in [1.82, 2.24) is 19.3 Å².